The summed E-state index contributed by atoms with van der Waals surface area (Å²) < 4.78 is 38.3. The van der Waals surface area contributed by atoms with Crippen molar-refractivity contribution in [3.63, 3.8) is 0 Å². The molecule has 4 N–H and O–H groups in total. The summed E-state index contributed by atoms with van der Waals surface area (Å²) >= 11 is 0. The molecule has 27 heavy (non-hydrogen) atoms. The molecule has 4 rings (SSSR count). The molecule has 3 aromatic heterocycles. The molecule has 0 spiro atoms. The van der Waals surface area contributed by atoms with Crippen LogP contribution in [0.15, 0.2) is 24.5 Å². The van der Waals surface area contributed by atoms with Gasteiger partial charge >= 0.3 is 6.18 Å². The zero-order chi connectivity index (χ0) is 19.4. The van der Waals surface area contributed by atoms with Crippen molar-refractivity contribution in [1.82, 2.24) is 20.2 Å². The number of fused-ring (bicyclic) bond motifs is 1. The van der Waals surface area contributed by atoms with Crippen LogP contribution in [0.3, 0.4) is 0 Å². The van der Waals surface area contributed by atoms with Gasteiger partial charge in [0, 0.05) is 23.8 Å². The first-order chi connectivity index (χ1) is 12.6. The lowest BCUT2D eigenvalue weighted by Gasteiger charge is -2.41. The van der Waals surface area contributed by atoms with Gasteiger partial charge in [-0.25, -0.2) is 4.98 Å². The molecule has 1 aliphatic rings. The number of aromatic amines is 1. The third-order valence-corrected chi connectivity index (χ3v) is 4.62. The van der Waals surface area contributed by atoms with E-state index in [2.05, 4.69) is 25.5 Å². The van der Waals surface area contributed by atoms with Gasteiger partial charge in [0.1, 0.15) is 17.1 Å². The summed E-state index contributed by atoms with van der Waals surface area (Å²) in [5, 5.41) is 31.9. The summed E-state index contributed by atoms with van der Waals surface area (Å²) in [7, 11) is 0. The Morgan fingerprint density at radius 2 is 2.00 bits per heavy atom. The van der Waals surface area contributed by atoms with E-state index in [0.29, 0.717) is 41.8 Å². The van der Waals surface area contributed by atoms with Crippen LogP contribution in [0, 0.1) is 0 Å². The highest BCUT2D eigenvalue weighted by Crippen LogP contribution is 2.38. The Hall–Kier alpha value is -2.88. The topological polar surface area (TPSA) is 107 Å². The van der Waals surface area contributed by atoms with Crippen molar-refractivity contribution in [2.45, 2.75) is 37.6 Å². The maximum atomic E-state index is 12.8. The normalized spacial score (nSPS) is 22.6. The predicted octanol–water partition coefficient (Wildman–Crippen LogP) is 3.07. The fraction of sp³-hybridized carbons (Fsp3) is 0.353. The van der Waals surface area contributed by atoms with E-state index in [9.17, 15) is 23.4 Å². The number of anilines is 1. The fourth-order valence-electron chi connectivity index (χ4n) is 3.33. The van der Waals surface area contributed by atoms with Crippen LogP contribution in [0.25, 0.3) is 22.3 Å². The Balaban J connectivity index is 1.70. The zero-order valence-electron chi connectivity index (χ0n) is 14.2. The molecule has 1 aliphatic carbocycles. The molecule has 0 aromatic carbocycles. The van der Waals surface area contributed by atoms with Crippen molar-refractivity contribution in [3.05, 3.63) is 30.1 Å². The maximum absolute atomic E-state index is 12.8. The molecule has 0 aliphatic heterocycles. The minimum Gasteiger partial charge on any atom is -0.506 e. The van der Waals surface area contributed by atoms with Crippen LogP contribution in [-0.2, 0) is 6.18 Å². The number of nitrogens with one attached hydrogen (secondary N) is 2. The van der Waals surface area contributed by atoms with Crippen molar-refractivity contribution < 1.29 is 23.4 Å². The Labute approximate surface area is 151 Å². The van der Waals surface area contributed by atoms with E-state index in [0.717, 1.165) is 0 Å². The minimum atomic E-state index is -4.60. The molecule has 0 unspecified atom stereocenters. The summed E-state index contributed by atoms with van der Waals surface area (Å²) in [4.78, 5) is 6.70. The summed E-state index contributed by atoms with van der Waals surface area (Å²) in [5.41, 5.74) is -1.21. The lowest BCUT2D eigenvalue weighted by Crippen LogP contribution is -2.48. The van der Waals surface area contributed by atoms with Crippen molar-refractivity contribution in [2.24, 2.45) is 0 Å². The van der Waals surface area contributed by atoms with E-state index >= 15 is 0 Å². The zero-order valence-corrected chi connectivity index (χ0v) is 14.2. The Bertz CT molecular complexity index is 1010. The highest BCUT2D eigenvalue weighted by molar-refractivity contribution is 5.98. The van der Waals surface area contributed by atoms with Crippen LogP contribution in [0.1, 0.15) is 25.3 Å². The van der Waals surface area contributed by atoms with Gasteiger partial charge in [0.25, 0.3) is 0 Å². The number of halogens is 3. The van der Waals surface area contributed by atoms with Gasteiger partial charge in [-0.3, -0.25) is 0 Å². The number of hydrogen-bond acceptors (Lipinski definition) is 6. The van der Waals surface area contributed by atoms with E-state index < -0.39 is 23.1 Å². The molecule has 10 heteroatoms. The molecule has 142 valence electrons. The number of alkyl halides is 3. The van der Waals surface area contributed by atoms with Crippen LogP contribution in [0.4, 0.5) is 19.0 Å². The predicted molar refractivity (Wildman–Crippen MR) is 91.1 cm³/mol. The first-order valence-corrected chi connectivity index (χ1v) is 8.23. The number of aromatic nitrogens is 4. The van der Waals surface area contributed by atoms with E-state index in [1.54, 1.807) is 19.2 Å². The van der Waals surface area contributed by atoms with E-state index in [-0.39, 0.29) is 17.4 Å². The Kier molecular flexibility index (Phi) is 3.77. The number of nitrogens with zero attached hydrogens (tertiary/aromatic N) is 3. The molecule has 0 saturated heterocycles. The molecule has 0 radical (unpaired) electrons. The van der Waals surface area contributed by atoms with E-state index in [1.807, 2.05) is 0 Å². The third-order valence-electron chi connectivity index (χ3n) is 4.62. The van der Waals surface area contributed by atoms with Crippen LogP contribution in [0.2, 0.25) is 0 Å². The largest absolute Gasteiger partial charge is 0.506 e. The molecule has 3 heterocycles. The molecular weight excluding hydrogens is 363 g/mol. The summed E-state index contributed by atoms with van der Waals surface area (Å²) in [6.07, 6.45) is -1.17. The van der Waals surface area contributed by atoms with Gasteiger partial charge in [-0.15, -0.1) is 10.2 Å². The SMILES string of the molecule is CC1(O)CC(Nc2nnc(-c3ncc(C(F)(F)F)cc3O)c3[nH]ccc23)C1. The fourth-order valence-corrected chi connectivity index (χ4v) is 3.33. The first kappa shape index (κ1) is 17.5. The van der Waals surface area contributed by atoms with Gasteiger partial charge in [0.2, 0.25) is 0 Å². The number of rotatable bonds is 3. The standard InChI is InChI=1S/C17H16F3N5O2/c1-16(27)5-9(6-16)23-15-10-2-3-21-12(10)14(24-25-15)13-11(26)4-8(7-22-13)17(18,19)20/h2-4,7,9,21,26-27H,5-6H2,1H3,(H,23,25). The van der Waals surface area contributed by atoms with Crippen LogP contribution < -0.4 is 5.32 Å². The number of hydrogen-bond donors (Lipinski definition) is 4. The van der Waals surface area contributed by atoms with E-state index in [1.165, 1.54) is 0 Å². The second kappa shape index (κ2) is 5.81. The highest BCUT2D eigenvalue weighted by atomic mass is 19.4. The summed E-state index contributed by atoms with van der Waals surface area (Å²) in [5.74, 6) is -0.146. The molecule has 1 saturated carbocycles. The lowest BCUT2D eigenvalue weighted by molar-refractivity contribution is -0.137. The first-order valence-electron chi connectivity index (χ1n) is 8.23. The number of aliphatic hydroxyl groups is 1. The second-order valence-electron chi connectivity index (χ2n) is 7.00. The van der Waals surface area contributed by atoms with Crippen LogP contribution >= 0.6 is 0 Å². The average Bonchev–Trinajstić information content (AvgIpc) is 3.03. The molecular formula is C17H16F3N5O2. The van der Waals surface area contributed by atoms with Gasteiger partial charge in [0.15, 0.2) is 5.82 Å². The van der Waals surface area contributed by atoms with Gasteiger partial charge in [-0.2, -0.15) is 13.2 Å². The maximum Gasteiger partial charge on any atom is 0.418 e. The molecule has 3 aromatic rings. The summed E-state index contributed by atoms with van der Waals surface area (Å²) in [6, 6.07) is 2.41. The summed E-state index contributed by atoms with van der Waals surface area (Å²) in [6.45, 7) is 1.75. The third kappa shape index (κ3) is 3.16. The molecule has 7 nitrogen and oxygen atoms in total. The molecule has 0 bridgehead atoms. The van der Waals surface area contributed by atoms with Crippen molar-refractivity contribution in [1.29, 1.82) is 0 Å². The molecule has 0 amide bonds. The number of aromatic hydroxyl groups is 1. The number of pyridine rings is 1. The van der Waals surface area contributed by atoms with E-state index in [4.69, 9.17) is 0 Å². The van der Waals surface area contributed by atoms with Gasteiger partial charge in [-0.1, -0.05) is 0 Å². The van der Waals surface area contributed by atoms with Crippen molar-refractivity contribution >= 4 is 16.7 Å². The lowest BCUT2D eigenvalue weighted by atomic mass is 9.77. The monoisotopic (exact) mass is 379 g/mol. The molecule has 0 atom stereocenters. The Morgan fingerprint density at radius 3 is 2.63 bits per heavy atom. The van der Waals surface area contributed by atoms with Gasteiger partial charge in [0.05, 0.1) is 16.7 Å². The second-order valence-corrected chi connectivity index (χ2v) is 7.00. The van der Waals surface area contributed by atoms with Crippen LogP contribution in [0.5, 0.6) is 5.75 Å². The van der Waals surface area contributed by atoms with Crippen LogP contribution in [-0.4, -0.2) is 42.0 Å². The van der Waals surface area contributed by atoms with Crippen molar-refractivity contribution in [3.8, 4) is 17.1 Å². The smallest absolute Gasteiger partial charge is 0.418 e. The highest BCUT2D eigenvalue weighted by Gasteiger charge is 2.39. The van der Waals surface area contributed by atoms with Crippen molar-refractivity contribution in [2.75, 3.05) is 5.32 Å². The van der Waals surface area contributed by atoms with Gasteiger partial charge < -0.3 is 20.5 Å². The van der Waals surface area contributed by atoms with Gasteiger partial charge in [-0.05, 0) is 31.9 Å². The quantitative estimate of drug-likeness (QED) is 0.557. The number of H-pyrrole nitrogens is 1. The molecule has 1 fully saturated rings. The average molecular weight is 379 g/mol. The Morgan fingerprint density at radius 1 is 1.26 bits per heavy atom. The minimum absolute atomic E-state index is 0.0517.